The Morgan fingerprint density at radius 1 is 1.53 bits per heavy atom. The highest BCUT2D eigenvalue weighted by molar-refractivity contribution is 9.10. The molecule has 2 heterocycles. The van der Waals surface area contributed by atoms with E-state index in [2.05, 4.69) is 31.0 Å². The Morgan fingerprint density at radius 3 is 2.93 bits per heavy atom. The van der Waals surface area contributed by atoms with E-state index in [0.29, 0.717) is 10.3 Å². The number of carbonyl (C=O) groups is 1. The predicted octanol–water partition coefficient (Wildman–Crippen LogP) is 1.12. The lowest BCUT2D eigenvalue weighted by Gasteiger charge is -2.00. The second-order valence-electron chi connectivity index (χ2n) is 2.64. The second-order valence-corrected chi connectivity index (χ2v) is 3.50. The molecule has 2 aromatic rings. The van der Waals surface area contributed by atoms with Crippen molar-refractivity contribution in [3.8, 4) is 5.82 Å². The third-order valence-corrected chi connectivity index (χ3v) is 2.23. The molecule has 0 spiro atoms. The van der Waals surface area contributed by atoms with Gasteiger partial charge < -0.3 is 5.11 Å². The third kappa shape index (κ3) is 1.86. The van der Waals surface area contributed by atoms with Crippen LogP contribution in [0.5, 0.6) is 0 Å². The van der Waals surface area contributed by atoms with E-state index in [9.17, 15) is 4.79 Å². The summed E-state index contributed by atoms with van der Waals surface area (Å²) in [5.74, 6) is -0.573. The van der Waals surface area contributed by atoms with Gasteiger partial charge in [0, 0.05) is 12.4 Å². The van der Waals surface area contributed by atoms with Gasteiger partial charge in [0.2, 0.25) is 0 Å². The molecule has 0 atom stereocenters. The van der Waals surface area contributed by atoms with Crippen LogP contribution < -0.4 is 0 Å². The molecule has 0 aromatic carbocycles. The maximum absolute atomic E-state index is 10.6. The number of nitrogens with zero attached hydrogens (tertiary/aromatic N) is 4. The first-order valence-corrected chi connectivity index (χ1v) is 4.72. The van der Waals surface area contributed by atoms with Crippen LogP contribution in [0, 0.1) is 0 Å². The fourth-order valence-corrected chi connectivity index (χ4v) is 1.43. The van der Waals surface area contributed by atoms with Crippen molar-refractivity contribution in [2.75, 3.05) is 0 Å². The van der Waals surface area contributed by atoms with Crippen LogP contribution in [0.1, 0.15) is 10.5 Å². The average Bonchev–Trinajstić information content (AvgIpc) is 2.67. The van der Waals surface area contributed by atoms with Gasteiger partial charge in [-0.25, -0.2) is 19.4 Å². The quantitative estimate of drug-likeness (QED) is 0.883. The molecular formula is C8H5BrN4O2. The van der Waals surface area contributed by atoms with E-state index >= 15 is 0 Å². The normalized spacial score (nSPS) is 10.2. The van der Waals surface area contributed by atoms with Crippen molar-refractivity contribution >= 4 is 21.9 Å². The summed E-state index contributed by atoms with van der Waals surface area (Å²) in [5, 5.41) is 12.5. The molecule has 0 saturated carbocycles. The van der Waals surface area contributed by atoms with Gasteiger partial charge >= 0.3 is 5.97 Å². The minimum Gasteiger partial charge on any atom is -0.476 e. The van der Waals surface area contributed by atoms with Crippen molar-refractivity contribution in [2.45, 2.75) is 0 Å². The minimum absolute atomic E-state index is 0.0273. The molecule has 0 saturated heterocycles. The van der Waals surface area contributed by atoms with E-state index in [1.54, 1.807) is 6.20 Å². The molecule has 0 fully saturated rings. The van der Waals surface area contributed by atoms with Crippen molar-refractivity contribution in [1.82, 2.24) is 19.7 Å². The Hall–Kier alpha value is -1.76. The van der Waals surface area contributed by atoms with Crippen LogP contribution >= 0.6 is 15.9 Å². The molecule has 7 heteroatoms. The second kappa shape index (κ2) is 3.77. The topological polar surface area (TPSA) is 80.9 Å². The predicted molar refractivity (Wildman–Crippen MR) is 53.8 cm³/mol. The number of carboxylic acids is 1. The van der Waals surface area contributed by atoms with Gasteiger partial charge in [0.1, 0.15) is 6.33 Å². The van der Waals surface area contributed by atoms with Crippen LogP contribution in [0.15, 0.2) is 29.3 Å². The standard InChI is InChI=1S/C8H5BrN4O2/c9-5-3-10-4-11-7(5)13-2-1-6(12-13)8(14)15/h1-4H,(H,14,15). The summed E-state index contributed by atoms with van der Waals surface area (Å²) in [6.45, 7) is 0. The van der Waals surface area contributed by atoms with Gasteiger partial charge in [-0.1, -0.05) is 0 Å². The molecule has 0 bridgehead atoms. The number of aromatic carboxylic acids is 1. The molecule has 0 aliphatic carbocycles. The zero-order valence-corrected chi connectivity index (χ0v) is 8.92. The lowest BCUT2D eigenvalue weighted by molar-refractivity contribution is 0.0690. The van der Waals surface area contributed by atoms with Crippen LogP contribution in [0.2, 0.25) is 0 Å². The van der Waals surface area contributed by atoms with Gasteiger partial charge in [-0.2, -0.15) is 5.10 Å². The number of rotatable bonds is 2. The highest BCUT2D eigenvalue weighted by Gasteiger charge is 2.10. The van der Waals surface area contributed by atoms with Crippen LogP contribution in [-0.2, 0) is 0 Å². The highest BCUT2D eigenvalue weighted by Crippen LogP contribution is 2.15. The molecule has 0 unspecified atom stereocenters. The maximum atomic E-state index is 10.6. The Kier molecular flexibility index (Phi) is 2.46. The van der Waals surface area contributed by atoms with E-state index in [1.807, 2.05) is 0 Å². The maximum Gasteiger partial charge on any atom is 0.356 e. The molecule has 1 N–H and O–H groups in total. The van der Waals surface area contributed by atoms with E-state index < -0.39 is 5.97 Å². The van der Waals surface area contributed by atoms with E-state index in [1.165, 1.54) is 23.3 Å². The summed E-state index contributed by atoms with van der Waals surface area (Å²) in [6, 6.07) is 1.40. The molecule has 0 aliphatic heterocycles. The molecule has 0 radical (unpaired) electrons. The molecule has 2 aromatic heterocycles. The zero-order chi connectivity index (χ0) is 10.8. The van der Waals surface area contributed by atoms with Crippen LogP contribution in [0.3, 0.4) is 0 Å². The van der Waals surface area contributed by atoms with Gasteiger partial charge in [-0.05, 0) is 22.0 Å². The smallest absolute Gasteiger partial charge is 0.356 e. The van der Waals surface area contributed by atoms with Gasteiger partial charge in [0.15, 0.2) is 11.5 Å². The summed E-state index contributed by atoms with van der Waals surface area (Å²) >= 11 is 3.25. The van der Waals surface area contributed by atoms with Crippen LogP contribution in [0.4, 0.5) is 0 Å². The van der Waals surface area contributed by atoms with Crippen LogP contribution in [0.25, 0.3) is 5.82 Å². The number of hydrogen-bond donors (Lipinski definition) is 1. The van der Waals surface area contributed by atoms with Gasteiger partial charge in [0.05, 0.1) is 4.47 Å². The molecule has 0 aliphatic rings. The minimum atomic E-state index is -1.07. The van der Waals surface area contributed by atoms with Gasteiger partial charge in [-0.15, -0.1) is 0 Å². The van der Waals surface area contributed by atoms with Crippen molar-refractivity contribution in [2.24, 2.45) is 0 Å². The third-order valence-electron chi connectivity index (χ3n) is 1.67. The summed E-state index contributed by atoms with van der Waals surface area (Å²) in [4.78, 5) is 18.4. The summed E-state index contributed by atoms with van der Waals surface area (Å²) in [5.41, 5.74) is -0.0273. The fourth-order valence-electron chi connectivity index (χ4n) is 1.03. The number of hydrogen-bond acceptors (Lipinski definition) is 4. The largest absolute Gasteiger partial charge is 0.476 e. The number of aromatic nitrogens is 4. The average molecular weight is 269 g/mol. The lowest BCUT2D eigenvalue weighted by atomic mass is 10.5. The fraction of sp³-hybridized carbons (Fsp3) is 0. The molecule has 2 rings (SSSR count). The monoisotopic (exact) mass is 268 g/mol. The summed E-state index contributed by atoms with van der Waals surface area (Å²) in [7, 11) is 0. The van der Waals surface area contributed by atoms with Crippen molar-refractivity contribution < 1.29 is 9.90 Å². The zero-order valence-electron chi connectivity index (χ0n) is 7.33. The molecule has 76 valence electrons. The summed E-state index contributed by atoms with van der Waals surface area (Å²) < 4.78 is 2.01. The molecule has 6 nitrogen and oxygen atoms in total. The first-order chi connectivity index (χ1) is 7.18. The SMILES string of the molecule is O=C(O)c1ccn(-c2ncncc2Br)n1. The lowest BCUT2D eigenvalue weighted by Crippen LogP contribution is -2.03. The Balaban J connectivity index is 2.46. The Labute approximate surface area is 92.7 Å². The number of carboxylic acid groups (broad SMARTS) is 1. The van der Waals surface area contributed by atoms with Crippen molar-refractivity contribution in [3.63, 3.8) is 0 Å². The van der Waals surface area contributed by atoms with Gasteiger partial charge in [-0.3, -0.25) is 0 Å². The van der Waals surface area contributed by atoms with E-state index in [4.69, 9.17) is 5.11 Å². The number of halogens is 1. The Bertz CT molecular complexity index is 511. The first-order valence-electron chi connectivity index (χ1n) is 3.93. The highest BCUT2D eigenvalue weighted by atomic mass is 79.9. The first kappa shape index (κ1) is 9.78. The van der Waals surface area contributed by atoms with Crippen LogP contribution in [-0.4, -0.2) is 30.8 Å². The molecule has 15 heavy (non-hydrogen) atoms. The van der Waals surface area contributed by atoms with Crippen molar-refractivity contribution in [1.29, 1.82) is 0 Å². The Morgan fingerprint density at radius 2 is 2.33 bits per heavy atom. The van der Waals surface area contributed by atoms with E-state index in [-0.39, 0.29) is 5.69 Å². The summed E-state index contributed by atoms with van der Waals surface area (Å²) in [6.07, 6.45) is 4.45. The molecule has 0 amide bonds. The van der Waals surface area contributed by atoms with E-state index in [0.717, 1.165) is 0 Å². The van der Waals surface area contributed by atoms with Gasteiger partial charge in [0.25, 0.3) is 0 Å². The molecular weight excluding hydrogens is 264 g/mol. The van der Waals surface area contributed by atoms with Crippen molar-refractivity contribution in [3.05, 3.63) is 35.0 Å².